The molecule has 0 saturated carbocycles. The van der Waals surface area contributed by atoms with E-state index in [1.807, 2.05) is 24.3 Å². The first-order valence-electron chi connectivity index (χ1n) is 9.05. The van der Waals surface area contributed by atoms with Crippen molar-refractivity contribution in [3.8, 4) is 5.75 Å². The second-order valence-corrected chi connectivity index (χ2v) is 6.32. The molecule has 3 aromatic rings. The second-order valence-electron chi connectivity index (χ2n) is 6.32. The summed E-state index contributed by atoms with van der Waals surface area (Å²) in [6.45, 7) is 0.309. The quantitative estimate of drug-likeness (QED) is 0.575. The lowest BCUT2D eigenvalue weighted by Crippen LogP contribution is -2.33. The fourth-order valence-corrected chi connectivity index (χ4v) is 2.77. The summed E-state index contributed by atoms with van der Waals surface area (Å²) in [4.78, 5) is 28.6. The van der Waals surface area contributed by atoms with Crippen molar-refractivity contribution in [2.24, 2.45) is 5.73 Å². The fraction of sp³-hybridized carbons (Fsp3) is 0.136. The van der Waals surface area contributed by atoms with E-state index in [2.05, 4.69) is 15.6 Å². The molecular formula is C22H22N4O3. The molecule has 1 heterocycles. The van der Waals surface area contributed by atoms with Gasteiger partial charge in [0, 0.05) is 35.8 Å². The number of methoxy groups -OCH3 is 1. The van der Waals surface area contributed by atoms with Gasteiger partial charge in [-0.3, -0.25) is 14.6 Å². The number of nitrogens with two attached hydrogens (primary N) is 1. The Morgan fingerprint density at radius 3 is 2.41 bits per heavy atom. The van der Waals surface area contributed by atoms with Gasteiger partial charge in [-0.15, -0.1) is 0 Å². The van der Waals surface area contributed by atoms with Crippen LogP contribution in [0.2, 0.25) is 0 Å². The van der Waals surface area contributed by atoms with E-state index in [1.54, 1.807) is 55.9 Å². The number of nitrogens with one attached hydrogen (secondary N) is 2. The zero-order valence-electron chi connectivity index (χ0n) is 16.0. The van der Waals surface area contributed by atoms with Crippen LogP contribution in [-0.4, -0.2) is 23.9 Å². The highest BCUT2D eigenvalue weighted by molar-refractivity contribution is 6.04. The molecule has 2 aromatic carbocycles. The van der Waals surface area contributed by atoms with Gasteiger partial charge in [0.05, 0.1) is 7.11 Å². The Labute approximate surface area is 168 Å². The maximum absolute atomic E-state index is 12.4. The highest BCUT2D eigenvalue weighted by Crippen LogP contribution is 2.18. The molecule has 1 aromatic heterocycles. The Hall–Kier alpha value is -3.71. The van der Waals surface area contributed by atoms with E-state index in [0.29, 0.717) is 29.1 Å². The topological polar surface area (TPSA) is 106 Å². The lowest BCUT2D eigenvalue weighted by molar-refractivity contribution is -0.122. The fourth-order valence-electron chi connectivity index (χ4n) is 2.77. The molecular weight excluding hydrogens is 368 g/mol. The number of rotatable bonds is 7. The number of hydrogen-bond acceptors (Lipinski definition) is 5. The number of hydrogen-bond donors (Lipinski definition) is 3. The van der Waals surface area contributed by atoms with Gasteiger partial charge >= 0.3 is 0 Å². The molecule has 0 fully saturated rings. The second kappa shape index (κ2) is 9.48. The maximum Gasteiger partial charge on any atom is 0.255 e. The van der Waals surface area contributed by atoms with E-state index < -0.39 is 6.04 Å². The number of anilines is 1. The third-order valence-corrected chi connectivity index (χ3v) is 4.40. The Balaban J connectivity index is 1.60. The summed E-state index contributed by atoms with van der Waals surface area (Å²) in [5, 5.41) is 5.59. The molecule has 7 nitrogen and oxygen atoms in total. The van der Waals surface area contributed by atoms with Crippen LogP contribution in [0.3, 0.4) is 0 Å². The van der Waals surface area contributed by atoms with Gasteiger partial charge in [0.1, 0.15) is 11.8 Å². The van der Waals surface area contributed by atoms with Crippen molar-refractivity contribution in [3.05, 3.63) is 89.7 Å². The van der Waals surface area contributed by atoms with E-state index in [1.165, 1.54) is 0 Å². The average molecular weight is 390 g/mol. The van der Waals surface area contributed by atoms with Crippen LogP contribution in [0.1, 0.15) is 27.5 Å². The predicted molar refractivity (Wildman–Crippen MR) is 110 cm³/mol. The number of nitrogens with zero attached hydrogens (tertiary/aromatic N) is 1. The van der Waals surface area contributed by atoms with Crippen molar-refractivity contribution in [2.45, 2.75) is 12.6 Å². The van der Waals surface area contributed by atoms with Gasteiger partial charge in [-0.2, -0.15) is 0 Å². The molecule has 0 spiro atoms. The highest BCUT2D eigenvalue weighted by Gasteiger charge is 2.17. The molecule has 0 saturated heterocycles. The number of carbonyl (C=O) groups is 2. The Kier molecular flexibility index (Phi) is 6.55. The van der Waals surface area contributed by atoms with E-state index in [0.717, 1.165) is 5.56 Å². The van der Waals surface area contributed by atoms with Gasteiger partial charge in [-0.1, -0.05) is 30.3 Å². The van der Waals surface area contributed by atoms with E-state index >= 15 is 0 Å². The summed E-state index contributed by atoms with van der Waals surface area (Å²) in [7, 11) is 1.58. The van der Waals surface area contributed by atoms with Gasteiger partial charge in [0.2, 0.25) is 5.91 Å². The molecule has 0 aliphatic rings. The first-order chi connectivity index (χ1) is 14.1. The van der Waals surface area contributed by atoms with Gasteiger partial charge < -0.3 is 21.1 Å². The van der Waals surface area contributed by atoms with Crippen molar-refractivity contribution in [3.63, 3.8) is 0 Å². The molecule has 2 amide bonds. The van der Waals surface area contributed by atoms with Crippen LogP contribution in [0, 0.1) is 0 Å². The molecule has 0 aliphatic heterocycles. The normalized spacial score (nSPS) is 11.4. The number of para-hydroxylation sites is 1. The number of carbonyl (C=O) groups excluding carboxylic acids is 2. The summed E-state index contributed by atoms with van der Waals surface area (Å²) in [6, 6.07) is 16.6. The van der Waals surface area contributed by atoms with Gasteiger partial charge in [-0.05, 0) is 35.9 Å². The Bertz CT molecular complexity index is 975. The summed E-state index contributed by atoms with van der Waals surface area (Å²) in [5.74, 6) is 0.132. The van der Waals surface area contributed by atoms with Crippen LogP contribution in [0.5, 0.6) is 5.75 Å². The number of ether oxygens (including phenoxy) is 1. The summed E-state index contributed by atoms with van der Waals surface area (Å²) in [6.07, 6.45) is 3.20. The van der Waals surface area contributed by atoms with E-state index in [-0.39, 0.29) is 11.8 Å². The van der Waals surface area contributed by atoms with Crippen LogP contribution in [0.25, 0.3) is 0 Å². The number of benzene rings is 2. The lowest BCUT2D eigenvalue weighted by atomic mass is 10.0. The van der Waals surface area contributed by atoms with Gasteiger partial charge in [0.15, 0.2) is 0 Å². The zero-order chi connectivity index (χ0) is 20.6. The highest BCUT2D eigenvalue weighted by atomic mass is 16.5. The molecule has 29 heavy (non-hydrogen) atoms. The molecule has 7 heteroatoms. The minimum absolute atomic E-state index is 0.253. The molecule has 4 N–H and O–H groups in total. The zero-order valence-corrected chi connectivity index (χ0v) is 16.0. The van der Waals surface area contributed by atoms with Crippen LogP contribution >= 0.6 is 0 Å². The molecule has 1 atom stereocenters. The standard InChI is InChI=1S/C22H22N4O3/c1-29-19-5-3-2-4-17(19)14-25-22(28)20(23)15-6-8-16(9-7-15)21(27)26-18-10-12-24-13-11-18/h2-13,20H,14,23H2,1H3,(H,25,28)(H,24,26,27). The molecule has 3 rings (SSSR count). The van der Waals surface area contributed by atoms with Crippen LogP contribution in [0.4, 0.5) is 5.69 Å². The van der Waals surface area contributed by atoms with Crippen LogP contribution < -0.4 is 21.1 Å². The van der Waals surface area contributed by atoms with Crippen molar-refractivity contribution in [1.82, 2.24) is 10.3 Å². The average Bonchev–Trinajstić information content (AvgIpc) is 2.78. The van der Waals surface area contributed by atoms with Crippen LogP contribution in [-0.2, 0) is 11.3 Å². The Morgan fingerprint density at radius 2 is 1.72 bits per heavy atom. The SMILES string of the molecule is COc1ccccc1CNC(=O)C(N)c1ccc(C(=O)Nc2ccncc2)cc1. The van der Waals surface area contributed by atoms with Gasteiger partial charge in [-0.25, -0.2) is 0 Å². The smallest absolute Gasteiger partial charge is 0.255 e. The largest absolute Gasteiger partial charge is 0.496 e. The summed E-state index contributed by atoms with van der Waals surface area (Å²) < 4.78 is 5.28. The number of pyridine rings is 1. The Morgan fingerprint density at radius 1 is 1.03 bits per heavy atom. The maximum atomic E-state index is 12.4. The predicted octanol–water partition coefficient (Wildman–Crippen LogP) is 2.66. The van der Waals surface area contributed by atoms with Crippen molar-refractivity contribution in [1.29, 1.82) is 0 Å². The minimum atomic E-state index is -0.845. The molecule has 1 unspecified atom stereocenters. The van der Waals surface area contributed by atoms with Crippen LogP contribution in [0.15, 0.2) is 73.1 Å². The third-order valence-electron chi connectivity index (χ3n) is 4.40. The lowest BCUT2D eigenvalue weighted by Gasteiger charge is -2.14. The third kappa shape index (κ3) is 5.18. The summed E-state index contributed by atoms with van der Waals surface area (Å²) >= 11 is 0. The van der Waals surface area contributed by atoms with Crippen molar-refractivity contribution < 1.29 is 14.3 Å². The first kappa shape index (κ1) is 20.0. The molecule has 0 aliphatic carbocycles. The molecule has 0 bridgehead atoms. The van der Waals surface area contributed by atoms with Crippen molar-refractivity contribution in [2.75, 3.05) is 12.4 Å². The van der Waals surface area contributed by atoms with Gasteiger partial charge in [0.25, 0.3) is 5.91 Å². The summed E-state index contributed by atoms with van der Waals surface area (Å²) in [5.41, 5.74) is 8.67. The molecule has 148 valence electrons. The van der Waals surface area contributed by atoms with E-state index in [4.69, 9.17) is 10.5 Å². The first-order valence-corrected chi connectivity index (χ1v) is 9.05. The van der Waals surface area contributed by atoms with Crippen molar-refractivity contribution >= 4 is 17.5 Å². The monoisotopic (exact) mass is 390 g/mol. The minimum Gasteiger partial charge on any atom is -0.496 e. The van der Waals surface area contributed by atoms with E-state index in [9.17, 15) is 9.59 Å². The number of aromatic nitrogens is 1. The number of amides is 2. The molecule has 0 radical (unpaired) electrons.